The Labute approximate surface area is 166 Å². The minimum Gasteiger partial charge on any atom is -0.465 e. The summed E-state index contributed by atoms with van der Waals surface area (Å²) in [6, 6.07) is 0. The van der Waals surface area contributed by atoms with Gasteiger partial charge in [-0.2, -0.15) is 0 Å². The molecule has 6 nitrogen and oxygen atoms in total. The van der Waals surface area contributed by atoms with Gasteiger partial charge in [0.1, 0.15) is 0 Å². The van der Waals surface area contributed by atoms with Crippen molar-refractivity contribution in [3.05, 3.63) is 12.2 Å². The maximum atomic E-state index is 13.2. The second-order valence-electron chi connectivity index (χ2n) is 8.58. The highest BCUT2D eigenvalue weighted by atomic mass is 16.7. The molecule has 0 unspecified atom stereocenters. The molecule has 0 N–H and O–H groups in total. The van der Waals surface area contributed by atoms with Crippen LogP contribution in [0.2, 0.25) is 0 Å². The third-order valence-electron chi connectivity index (χ3n) is 7.32. The van der Waals surface area contributed by atoms with Crippen molar-refractivity contribution in [1.82, 2.24) is 0 Å². The molecule has 0 bridgehead atoms. The number of fused-ring (bicyclic) bond motifs is 4. The quantitative estimate of drug-likeness (QED) is 0.416. The summed E-state index contributed by atoms with van der Waals surface area (Å²) in [5, 5.41) is 0. The normalized spacial score (nSPS) is 35.1. The monoisotopic (exact) mass is 392 g/mol. The summed E-state index contributed by atoms with van der Waals surface area (Å²) in [7, 11) is 0. The predicted molar refractivity (Wildman–Crippen MR) is 101 cm³/mol. The van der Waals surface area contributed by atoms with Crippen LogP contribution in [0.4, 0.5) is 0 Å². The predicted octanol–water partition coefficient (Wildman–Crippen LogP) is 3.24. The number of rotatable bonds is 4. The zero-order chi connectivity index (χ0) is 19.8. The Hall–Kier alpha value is -1.40. The molecule has 3 fully saturated rings. The molecule has 1 saturated heterocycles. The van der Waals surface area contributed by atoms with Crippen molar-refractivity contribution in [2.24, 2.45) is 29.1 Å². The molecular weight excluding hydrogens is 360 g/mol. The average molecular weight is 392 g/mol. The lowest BCUT2D eigenvalue weighted by atomic mass is 9.71. The lowest BCUT2D eigenvalue weighted by Crippen LogP contribution is -2.47. The number of carbonyl (C=O) groups is 2. The van der Waals surface area contributed by atoms with Gasteiger partial charge in [0, 0.05) is 12.3 Å². The van der Waals surface area contributed by atoms with Gasteiger partial charge in [0.05, 0.1) is 26.4 Å². The molecule has 6 heteroatoms. The fourth-order valence-corrected chi connectivity index (χ4v) is 6.21. The van der Waals surface area contributed by atoms with Gasteiger partial charge < -0.3 is 18.9 Å². The van der Waals surface area contributed by atoms with Crippen LogP contribution in [0, 0.1) is 29.1 Å². The van der Waals surface area contributed by atoms with Crippen LogP contribution in [-0.2, 0) is 28.5 Å². The first kappa shape index (κ1) is 19.9. The third kappa shape index (κ3) is 3.09. The second kappa shape index (κ2) is 7.79. The fraction of sp³-hybridized carbons (Fsp3) is 0.818. The summed E-state index contributed by atoms with van der Waals surface area (Å²) in [4.78, 5) is 26.5. The minimum absolute atomic E-state index is 0.00492. The van der Waals surface area contributed by atoms with Crippen molar-refractivity contribution in [3.63, 3.8) is 0 Å². The Morgan fingerprint density at radius 2 is 1.68 bits per heavy atom. The van der Waals surface area contributed by atoms with E-state index in [4.69, 9.17) is 18.9 Å². The van der Waals surface area contributed by atoms with Gasteiger partial charge in [0.2, 0.25) is 0 Å². The highest BCUT2D eigenvalue weighted by molar-refractivity contribution is 6.00. The van der Waals surface area contributed by atoms with Gasteiger partial charge in [-0.15, -0.1) is 0 Å². The van der Waals surface area contributed by atoms with E-state index in [1.54, 1.807) is 13.8 Å². The number of esters is 2. The molecule has 4 aliphatic rings. The molecule has 2 saturated carbocycles. The van der Waals surface area contributed by atoms with Crippen molar-refractivity contribution in [1.29, 1.82) is 0 Å². The highest BCUT2D eigenvalue weighted by Crippen LogP contribution is 2.60. The van der Waals surface area contributed by atoms with Gasteiger partial charge in [0.15, 0.2) is 11.2 Å². The number of carbonyl (C=O) groups excluding carboxylic acids is 2. The summed E-state index contributed by atoms with van der Waals surface area (Å²) in [5.41, 5.74) is -1.29. The molecule has 0 radical (unpaired) electrons. The van der Waals surface area contributed by atoms with Gasteiger partial charge in [-0.25, -0.2) is 0 Å². The first-order valence-electron chi connectivity index (χ1n) is 10.9. The summed E-state index contributed by atoms with van der Waals surface area (Å²) in [6.45, 7) is 5.19. The molecule has 3 aliphatic carbocycles. The maximum Gasteiger partial charge on any atom is 0.323 e. The van der Waals surface area contributed by atoms with Gasteiger partial charge in [-0.05, 0) is 63.7 Å². The van der Waals surface area contributed by atoms with Crippen LogP contribution in [0.5, 0.6) is 0 Å². The van der Waals surface area contributed by atoms with Crippen LogP contribution in [0.25, 0.3) is 0 Å². The van der Waals surface area contributed by atoms with Crippen molar-refractivity contribution >= 4 is 11.9 Å². The molecule has 0 aromatic heterocycles. The van der Waals surface area contributed by atoms with E-state index >= 15 is 0 Å². The number of hydrogen-bond acceptors (Lipinski definition) is 6. The van der Waals surface area contributed by atoms with E-state index in [1.807, 2.05) is 0 Å². The molecule has 28 heavy (non-hydrogen) atoms. The van der Waals surface area contributed by atoms with Crippen LogP contribution in [0.15, 0.2) is 12.2 Å². The largest absolute Gasteiger partial charge is 0.465 e. The SMILES string of the molecule is CCOC(=O)C1(C(=O)OCC)C[C@H]2C=CCC[C@@H]2[C@@H]2CCC3(OCCO3)[C@H]2C1. The van der Waals surface area contributed by atoms with E-state index in [2.05, 4.69) is 12.2 Å². The van der Waals surface area contributed by atoms with Crippen LogP contribution < -0.4 is 0 Å². The Kier molecular flexibility index (Phi) is 5.53. The molecule has 1 aliphatic heterocycles. The smallest absolute Gasteiger partial charge is 0.323 e. The molecule has 1 heterocycles. The summed E-state index contributed by atoms with van der Waals surface area (Å²) < 4.78 is 23.2. The summed E-state index contributed by atoms with van der Waals surface area (Å²) >= 11 is 0. The first-order chi connectivity index (χ1) is 13.6. The summed E-state index contributed by atoms with van der Waals surface area (Å²) in [6.07, 6.45) is 9.22. The van der Waals surface area contributed by atoms with Crippen molar-refractivity contribution < 1.29 is 28.5 Å². The first-order valence-corrected chi connectivity index (χ1v) is 10.9. The molecular formula is C22H32O6. The lowest BCUT2D eigenvalue weighted by Gasteiger charge is -2.37. The Balaban J connectivity index is 1.78. The van der Waals surface area contributed by atoms with Gasteiger partial charge in [-0.3, -0.25) is 9.59 Å². The summed E-state index contributed by atoms with van der Waals surface area (Å²) in [5.74, 6) is -0.560. The van der Waals surface area contributed by atoms with Crippen LogP contribution in [0.1, 0.15) is 52.4 Å². The molecule has 0 aromatic carbocycles. The molecule has 156 valence electrons. The molecule has 0 aromatic rings. The van der Waals surface area contributed by atoms with Gasteiger partial charge >= 0.3 is 11.9 Å². The van der Waals surface area contributed by atoms with Crippen molar-refractivity contribution in [2.45, 2.75) is 58.2 Å². The van der Waals surface area contributed by atoms with Gasteiger partial charge in [0.25, 0.3) is 0 Å². The molecule has 1 spiro atoms. The Morgan fingerprint density at radius 3 is 2.32 bits per heavy atom. The number of ether oxygens (including phenoxy) is 4. The standard InChI is InChI=1S/C22H32O6/c1-3-25-19(23)21(20(24)26-4-2)13-15-7-5-6-8-16(15)17-9-10-22(18(17)14-21)27-11-12-28-22/h5,7,15-18H,3-4,6,8-14H2,1-2H3/t15-,16+,17+,18+/m1/s1. The van der Waals surface area contributed by atoms with E-state index in [0.29, 0.717) is 37.9 Å². The maximum absolute atomic E-state index is 13.2. The molecule has 4 atom stereocenters. The van der Waals surface area contributed by atoms with E-state index in [-0.39, 0.29) is 25.0 Å². The highest BCUT2D eigenvalue weighted by Gasteiger charge is 2.64. The van der Waals surface area contributed by atoms with E-state index in [9.17, 15) is 9.59 Å². The van der Waals surface area contributed by atoms with E-state index in [1.165, 1.54) is 0 Å². The Morgan fingerprint density at radius 1 is 1.00 bits per heavy atom. The lowest BCUT2D eigenvalue weighted by molar-refractivity contribution is -0.200. The fourth-order valence-electron chi connectivity index (χ4n) is 6.21. The zero-order valence-electron chi connectivity index (χ0n) is 17.0. The van der Waals surface area contributed by atoms with Crippen LogP contribution in [0.3, 0.4) is 0 Å². The second-order valence-corrected chi connectivity index (χ2v) is 8.58. The van der Waals surface area contributed by atoms with Crippen LogP contribution >= 0.6 is 0 Å². The third-order valence-corrected chi connectivity index (χ3v) is 7.32. The number of hydrogen-bond donors (Lipinski definition) is 0. The topological polar surface area (TPSA) is 71.1 Å². The molecule has 0 amide bonds. The van der Waals surface area contributed by atoms with Crippen LogP contribution in [-0.4, -0.2) is 44.2 Å². The van der Waals surface area contributed by atoms with Gasteiger partial charge in [-0.1, -0.05) is 12.2 Å². The molecule has 4 rings (SSSR count). The van der Waals surface area contributed by atoms with Crippen molar-refractivity contribution in [3.8, 4) is 0 Å². The average Bonchev–Trinajstić information content (AvgIpc) is 3.26. The van der Waals surface area contributed by atoms with E-state index in [0.717, 1.165) is 25.7 Å². The minimum atomic E-state index is -1.29. The van der Waals surface area contributed by atoms with E-state index < -0.39 is 23.1 Å². The number of allylic oxidation sites excluding steroid dienone is 2. The zero-order valence-corrected chi connectivity index (χ0v) is 17.0. The Bertz CT molecular complexity index is 617. The van der Waals surface area contributed by atoms with Crippen molar-refractivity contribution in [2.75, 3.05) is 26.4 Å².